The van der Waals surface area contributed by atoms with Crippen molar-refractivity contribution in [2.75, 3.05) is 13.1 Å². The number of aromatic nitrogens is 1. The van der Waals surface area contributed by atoms with Gasteiger partial charge in [0, 0.05) is 35.5 Å². The number of aryl methyl sites for hydroxylation is 2. The minimum absolute atomic E-state index is 0.0866. The number of aromatic hydroxyl groups is 1. The second-order valence-electron chi connectivity index (χ2n) is 12.3. The summed E-state index contributed by atoms with van der Waals surface area (Å²) in [6.07, 6.45) is 9.51. The van der Waals surface area contributed by atoms with Crippen molar-refractivity contribution in [1.82, 2.24) is 9.88 Å². The summed E-state index contributed by atoms with van der Waals surface area (Å²) < 4.78 is 6.74. The first-order chi connectivity index (χ1) is 17.1. The number of benzene rings is 2. The molecule has 1 spiro atoms. The predicted molar refractivity (Wildman–Crippen MR) is 133 cm³/mol. The van der Waals surface area contributed by atoms with Crippen LogP contribution < -0.4 is 4.74 Å². The molecule has 1 saturated carbocycles. The first-order valence-electron chi connectivity index (χ1n) is 13.7. The number of nitrogens with one attached hydrogen (secondary N) is 1. The molecule has 3 heterocycles. The van der Waals surface area contributed by atoms with Gasteiger partial charge in [-0.25, -0.2) is 0 Å². The topological polar surface area (TPSA) is 68.7 Å². The third-order valence-electron chi connectivity index (χ3n) is 10.7. The van der Waals surface area contributed by atoms with Crippen LogP contribution in [0.3, 0.4) is 0 Å². The van der Waals surface area contributed by atoms with Gasteiger partial charge in [-0.15, -0.1) is 0 Å². The molecular weight excluding hydrogens is 436 g/mol. The van der Waals surface area contributed by atoms with Crippen molar-refractivity contribution in [3.8, 4) is 11.5 Å². The Balaban J connectivity index is 1.33. The van der Waals surface area contributed by atoms with Gasteiger partial charge in [0.05, 0.1) is 16.7 Å². The number of aliphatic hydroxyl groups is 1. The van der Waals surface area contributed by atoms with E-state index in [4.69, 9.17) is 4.74 Å². The first-order valence-corrected chi connectivity index (χ1v) is 13.7. The van der Waals surface area contributed by atoms with Gasteiger partial charge in [0.15, 0.2) is 17.6 Å². The Kier molecular flexibility index (Phi) is 3.51. The van der Waals surface area contributed by atoms with Crippen LogP contribution in [0.5, 0.6) is 11.5 Å². The van der Waals surface area contributed by atoms with Crippen LogP contribution in [0, 0.1) is 5.92 Å². The lowest BCUT2D eigenvalue weighted by Gasteiger charge is -2.62. The second kappa shape index (κ2) is 6.24. The molecule has 180 valence electrons. The summed E-state index contributed by atoms with van der Waals surface area (Å²) in [5, 5.41) is 25.3. The summed E-state index contributed by atoms with van der Waals surface area (Å²) in [5.74, 6) is 1.62. The monoisotopic (exact) mass is 468 g/mol. The average Bonchev–Trinajstić information content (AvgIpc) is 3.49. The van der Waals surface area contributed by atoms with Crippen molar-refractivity contribution in [3.05, 3.63) is 57.8 Å². The maximum Gasteiger partial charge on any atom is 0.166 e. The Morgan fingerprint density at radius 3 is 2.80 bits per heavy atom. The summed E-state index contributed by atoms with van der Waals surface area (Å²) in [4.78, 5) is 6.41. The van der Waals surface area contributed by atoms with E-state index in [1.54, 1.807) is 6.07 Å². The normalized spacial score (nSPS) is 34.3. The van der Waals surface area contributed by atoms with Crippen molar-refractivity contribution in [2.45, 2.75) is 80.9 Å². The van der Waals surface area contributed by atoms with Crippen LogP contribution in [0.4, 0.5) is 0 Å². The Morgan fingerprint density at radius 1 is 1.06 bits per heavy atom. The zero-order chi connectivity index (χ0) is 23.1. The molecule has 3 aromatic rings. The Morgan fingerprint density at radius 2 is 1.91 bits per heavy atom. The molecule has 6 aliphatic rings. The van der Waals surface area contributed by atoms with Crippen LogP contribution >= 0.6 is 0 Å². The van der Waals surface area contributed by atoms with Crippen LogP contribution in [-0.2, 0) is 31.1 Å². The van der Waals surface area contributed by atoms with Crippen molar-refractivity contribution in [2.24, 2.45) is 5.92 Å². The summed E-state index contributed by atoms with van der Waals surface area (Å²) in [6, 6.07) is 8.54. The number of fused-ring (bicyclic) bond motifs is 6. The van der Waals surface area contributed by atoms with Crippen molar-refractivity contribution < 1.29 is 14.9 Å². The number of phenolic OH excluding ortho intramolecular Hbond substituents is 1. The largest absolute Gasteiger partial charge is 0.504 e. The zero-order valence-corrected chi connectivity index (χ0v) is 20.1. The van der Waals surface area contributed by atoms with E-state index < -0.39 is 11.0 Å². The summed E-state index contributed by atoms with van der Waals surface area (Å²) in [5.41, 5.74) is 7.50. The van der Waals surface area contributed by atoms with E-state index in [1.165, 1.54) is 58.8 Å². The van der Waals surface area contributed by atoms with E-state index in [0.717, 1.165) is 55.9 Å². The molecule has 2 aromatic carbocycles. The highest BCUT2D eigenvalue weighted by molar-refractivity contribution is 5.90. The number of likely N-dealkylation sites (tertiary alicyclic amines) is 1. The Labute approximate surface area is 205 Å². The average molecular weight is 469 g/mol. The van der Waals surface area contributed by atoms with E-state index in [-0.39, 0.29) is 17.9 Å². The van der Waals surface area contributed by atoms with Gasteiger partial charge in [-0.2, -0.15) is 0 Å². The van der Waals surface area contributed by atoms with Gasteiger partial charge < -0.3 is 19.9 Å². The van der Waals surface area contributed by atoms with E-state index in [2.05, 4.69) is 28.1 Å². The molecule has 2 aliphatic heterocycles. The van der Waals surface area contributed by atoms with Crippen molar-refractivity contribution >= 4 is 10.9 Å². The first kappa shape index (κ1) is 19.7. The molecule has 3 N–H and O–H groups in total. The fraction of sp³-hybridized carbons (Fsp3) is 0.533. The van der Waals surface area contributed by atoms with E-state index in [0.29, 0.717) is 12.2 Å². The zero-order valence-electron chi connectivity index (χ0n) is 20.1. The smallest absolute Gasteiger partial charge is 0.166 e. The Hall–Kier alpha value is -2.50. The summed E-state index contributed by atoms with van der Waals surface area (Å²) in [6.45, 7) is 2.09. The number of rotatable bonds is 2. The number of aromatic amines is 1. The fourth-order valence-electron chi connectivity index (χ4n) is 8.98. The molecule has 5 nitrogen and oxygen atoms in total. The third-order valence-corrected chi connectivity index (χ3v) is 10.7. The van der Waals surface area contributed by atoms with Gasteiger partial charge in [0.2, 0.25) is 0 Å². The van der Waals surface area contributed by atoms with Crippen LogP contribution in [0.1, 0.15) is 71.7 Å². The van der Waals surface area contributed by atoms with E-state index >= 15 is 0 Å². The van der Waals surface area contributed by atoms with Crippen LogP contribution in [0.25, 0.3) is 10.9 Å². The number of hydrogen-bond acceptors (Lipinski definition) is 4. The lowest BCUT2D eigenvalue weighted by Crippen LogP contribution is -2.74. The number of ether oxygens (including phenoxy) is 1. The summed E-state index contributed by atoms with van der Waals surface area (Å²) in [7, 11) is 0. The second-order valence-corrected chi connectivity index (χ2v) is 12.3. The van der Waals surface area contributed by atoms with Crippen LogP contribution in [0.2, 0.25) is 0 Å². The minimum atomic E-state index is -0.906. The van der Waals surface area contributed by atoms with Crippen LogP contribution in [-0.4, -0.2) is 44.8 Å². The maximum absolute atomic E-state index is 13.0. The molecule has 9 rings (SSSR count). The molecule has 0 radical (unpaired) electrons. The van der Waals surface area contributed by atoms with Crippen molar-refractivity contribution in [1.29, 1.82) is 0 Å². The molecule has 5 heteroatoms. The number of hydrogen-bond donors (Lipinski definition) is 3. The minimum Gasteiger partial charge on any atom is -0.504 e. The molecule has 4 atom stereocenters. The SMILES string of the molecule is Oc1ccc2c3c1O[C@H]1c4[nH]c5ccc6c(c5c4C[C@@]4(O)[C@@H](C2)N(CC2CC2)CC[C@]314)CCCC6. The van der Waals surface area contributed by atoms with Crippen molar-refractivity contribution in [3.63, 3.8) is 0 Å². The fourth-order valence-corrected chi connectivity index (χ4v) is 8.98. The van der Waals surface area contributed by atoms with Gasteiger partial charge in [-0.05, 0) is 98.2 Å². The van der Waals surface area contributed by atoms with E-state index in [9.17, 15) is 10.2 Å². The van der Waals surface area contributed by atoms with Crippen LogP contribution in [0.15, 0.2) is 24.3 Å². The van der Waals surface area contributed by atoms with Gasteiger partial charge >= 0.3 is 0 Å². The van der Waals surface area contributed by atoms with Gasteiger partial charge in [0.1, 0.15) is 0 Å². The maximum atomic E-state index is 13.0. The number of piperidine rings is 1. The molecule has 1 saturated heterocycles. The molecule has 4 aliphatic carbocycles. The highest BCUT2D eigenvalue weighted by atomic mass is 16.5. The molecular formula is C30H32N2O3. The lowest BCUT2D eigenvalue weighted by molar-refractivity contribution is -0.173. The number of phenols is 1. The highest BCUT2D eigenvalue weighted by Gasteiger charge is 2.72. The summed E-state index contributed by atoms with van der Waals surface area (Å²) >= 11 is 0. The number of H-pyrrole nitrogens is 1. The van der Waals surface area contributed by atoms with Gasteiger partial charge in [-0.3, -0.25) is 4.90 Å². The number of nitrogens with zero attached hydrogens (tertiary/aromatic N) is 1. The molecule has 2 fully saturated rings. The standard InChI is InChI=1S/C30H32N2O3/c33-22-10-8-18-13-23-30(34)14-20-24-19-4-2-1-3-17(19)7-9-21(24)31-26(20)28-29(30,25(18)27(22)35-28)11-12-32(23)15-16-5-6-16/h7-10,16,23,28,31,33-34H,1-6,11-15H2/t23-,28+,29+,30-/m1/s1. The third kappa shape index (κ3) is 2.20. The quantitative estimate of drug-likeness (QED) is 0.520. The highest BCUT2D eigenvalue weighted by Crippen LogP contribution is 2.69. The Bertz CT molecular complexity index is 1440. The molecule has 0 unspecified atom stereocenters. The van der Waals surface area contributed by atoms with Gasteiger partial charge in [0.25, 0.3) is 0 Å². The molecule has 2 bridgehead atoms. The molecule has 0 amide bonds. The van der Waals surface area contributed by atoms with E-state index in [1.807, 2.05) is 0 Å². The molecule has 35 heavy (non-hydrogen) atoms. The predicted octanol–water partition coefficient (Wildman–Crippen LogP) is 4.45. The lowest BCUT2D eigenvalue weighted by atomic mass is 9.49. The molecule has 1 aromatic heterocycles. The van der Waals surface area contributed by atoms with Gasteiger partial charge in [-0.1, -0.05) is 12.1 Å².